The van der Waals surface area contributed by atoms with Gasteiger partial charge in [-0.25, -0.2) is 8.42 Å². The molecule has 1 N–H and O–H groups in total. The molecule has 1 unspecified atom stereocenters. The molecule has 0 radical (unpaired) electrons. The minimum atomic E-state index is -3.60. The quantitative estimate of drug-likeness (QED) is 0.186. The zero-order chi connectivity index (χ0) is 31.6. The van der Waals surface area contributed by atoms with Crippen LogP contribution in [0.4, 0.5) is 5.69 Å². The van der Waals surface area contributed by atoms with Crippen LogP contribution in [-0.2, 0) is 32.6 Å². The molecule has 232 valence electrons. The van der Waals surface area contributed by atoms with E-state index in [1.807, 2.05) is 69.3 Å². The molecule has 0 aliphatic carbocycles. The molecule has 7 nitrogen and oxygen atoms in total. The average Bonchev–Trinajstić information content (AvgIpc) is 2.95. The van der Waals surface area contributed by atoms with E-state index in [4.69, 9.17) is 23.2 Å². The van der Waals surface area contributed by atoms with Gasteiger partial charge in [0.2, 0.25) is 21.8 Å². The molecule has 0 spiro atoms. The van der Waals surface area contributed by atoms with E-state index in [1.54, 1.807) is 23.1 Å². The first-order valence-corrected chi connectivity index (χ1v) is 17.1. The molecule has 2 amide bonds. The zero-order valence-corrected chi connectivity index (χ0v) is 27.6. The number of nitrogens with zero attached hydrogens (tertiary/aromatic N) is 2. The number of hydrogen-bond donors (Lipinski definition) is 1. The van der Waals surface area contributed by atoms with Crippen molar-refractivity contribution in [2.24, 2.45) is 0 Å². The molecule has 3 aromatic carbocycles. The highest BCUT2D eigenvalue weighted by molar-refractivity contribution is 7.92. The van der Waals surface area contributed by atoms with Crippen LogP contribution in [0.2, 0.25) is 10.0 Å². The fourth-order valence-electron chi connectivity index (χ4n) is 4.86. The van der Waals surface area contributed by atoms with Crippen molar-refractivity contribution in [3.63, 3.8) is 0 Å². The Kier molecular flexibility index (Phi) is 12.9. The van der Waals surface area contributed by atoms with Crippen molar-refractivity contribution < 1.29 is 18.0 Å². The van der Waals surface area contributed by atoms with Crippen LogP contribution in [0.25, 0.3) is 0 Å². The van der Waals surface area contributed by atoms with Gasteiger partial charge in [-0.3, -0.25) is 13.9 Å². The predicted molar refractivity (Wildman–Crippen MR) is 176 cm³/mol. The summed E-state index contributed by atoms with van der Waals surface area (Å²) in [7, 11) is -3.60. The molecule has 0 fully saturated rings. The molecular weight excluding hydrogens is 605 g/mol. The summed E-state index contributed by atoms with van der Waals surface area (Å²) in [6, 6.07) is 19.5. The fourth-order valence-corrected chi connectivity index (χ4v) is 6.35. The van der Waals surface area contributed by atoms with Gasteiger partial charge in [-0.05, 0) is 67.1 Å². The van der Waals surface area contributed by atoms with Crippen LogP contribution < -0.4 is 9.62 Å². The van der Waals surface area contributed by atoms with E-state index in [9.17, 15) is 18.0 Å². The topological polar surface area (TPSA) is 86.8 Å². The largest absolute Gasteiger partial charge is 0.354 e. The van der Waals surface area contributed by atoms with Crippen LogP contribution in [-0.4, -0.2) is 50.5 Å². The Morgan fingerprint density at radius 3 is 2.33 bits per heavy atom. The average molecular weight is 647 g/mol. The maximum absolute atomic E-state index is 14.0. The lowest BCUT2D eigenvalue weighted by atomic mass is 10.0. The van der Waals surface area contributed by atoms with Crippen LogP contribution in [0, 0.1) is 13.8 Å². The van der Waals surface area contributed by atoms with Gasteiger partial charge in [0.1, 0.15) is 6.04 Å². The normalized spacial score (nSPS) is 12.0. The highest BCUT2D eigenvalue weighted by Crippen LogP contribution is 2.26. The van der Waals surface area contributed by atoms with Crippen LogP contribution in [0.15, 0.2) is 66.7 Å². The number of unbranched alkanes of at least 4 members (excludes halogenated alkanes) is 1. The minimum absolute atomic E-state index is 0.0373. The molecule has 0 aliphatic rings. The van der Waals surface area contributed by atoms with Gasteiger partial charge in [0.05, 0.1) is 11.9 Å². The molecule has 1 atom stereocenters. The summed E-state index contributed by atoms with van der Waals surface area (Å²) in [5.74, 6) is -0.518. The third-order valence-corrected chi connectivity index (χ3v) is 9.01. The lowest BCUT2D eigenvalue weighted by Gasteiger charge is -2.32. The highest BCUT2D eigenvalue weighted by Gasteiger charge is 2.31. The summed E-state index contributed by atoms with van der Waals surface area (Å²) in [5.41, 5.74) is 3.93. The Morgan fingerprint density at radius 2 is 1.67 bits per heavy atom. The Bertz CT molecular complexity index is 1500. The van der Waals surface area contributed by atoms with Crippen molar-refractivity contribution in [1.82, 2.24) is 10.2 Å². The van der Waals surface area contributed by atoms with Crippen molar-refractivity contribution >= 4 is 50.7 Å². The van der Waals surface area contributed by atoms with E-state index in [0.29, 0.717) is 34.3 Å². The van der Waals surface area contributed by atoms with Crippen LogP contribution in [0.5, 0.6) is 0 Å². The fraction of sp³-hybridized carbons (Fsp3) is 0.394. The van der Waals surface area contributed by atoms with Gasteiger partial charge in [-0.2, -0.15) is 0 Å². The van der Waals surface area contributed by atoms with Crippen molar-refractivity contribution in [3.05, 3.63) is 99.0 Å². The summed E-state index contributed by atoms with van der Waals surface area (Å²) < 4.78 is 26.9. The number of rotatable bonds is 15. The first-order chi connectivity index (χ1) is 20.4. The van der Waals surface area contributed by atoms with Crippen molar-refractivity contribution in [2.75, 3.05) is 23.7 Å². The van der Waals surface area contributed by atoms with Gasteiger partial charge in [0.25, 0.3) is 0 Å². The van der Waals surface area contributed by atoms with Gasteiger partial charge in [0.15, 0.2) is 0 Å². The maximum atomic E-state index is 14.0. The van der Waals surface area contributed by atoms with Gasteiger partial charge in [-0.15, -0.1) is 0 Å². The van der Waals surface area contributed by atoms with Crippen molar-refractivity contribution in [1.29, 1.82) is 0 Å². The minimum Gasteiger partial charge on any atom is -0.354 e. The Morgan fingerprint density at radius 1 is 0.953 bits per heavy atom. The molecule has 0 aliphatic heterocycles. The number of hydrogen-bond acceptors (Lipinski definition) is 4. The summed E-state index contributed by atoms with van der Waals surface area (Å²) in [5, 5.41) is 3.87. The van der Waals surface area contributed by atoms with E-state index >= 15 is 0 Å². The molecule has 3 aromatic rings. The molecule has 10 heteroatoms. The van der Waals surface area contributed by atoms with E-state index in [1.165, 1.54) is 10.6 Å². The first kappa shape index (κ1) is 34.4. The van der Waals surface area contributed by atoms with E-state index < -0.39 is 16.1 Å². The van der Waals surface area contributed by atoms with Crippen LogP contribution in [0.3, 0.4) is 0 Å². The molecule has 0 heterocycles. The third kappa shape index (κ3) is 10.3. The Labute approximate surface area is 266 Å². The van der Waals surface area contributed by atoms with E-state index in [-0.39, 0.29) is 37.7 Å². The molecular formula is C33H41Cl2N3O4S. The number of amides is 2. The van der Waals surface area contributed by atoms with Crippen LogP contribution in [0.1, 0.15) is 54.9 Å². The summed E-state index contributed by atoms with van der Waals surface area (Å²) in [6.45, 7) is 6.54. The summed E-state index contributed by atoms with van der Waals surface area (Å²) >= 11 is 12.7. The molecule has 3 rings (SSSR count). The van der Waals surface area contributed by atoms with Gasteiger partial charge < -0.3 is 10.2 Å². The Balaban J connectivity index is 1.92. The number of aryl methyl sites for hydroxylation is 2. The van der Waals surface area contributed by atoms with Crippen molar-refractivity contribution in [2.45, 2.75) is 65.5 Å². The van der Waals surface area contributed by atoms with Crippen LogP contribution >= 0.6 is 23.2 Å². The second-order valence-corrected chi connectivity index (χ2v) is 13.6. The monoisotopic (exact) mass is 645 g/mol. The number of halogens is 2. The molecule has 0 bridgehead atoms. The second kappa shape index (κ2) is 16.1. The third-order valence-electron chi connectivity index (χ3n) is 7.24. The first-order valence-electron chi connectivity index (χ1n) is 14.5. The maximum Gasteiger partial charge on any atom is 0.243 e. The number of benzene rings is 3. The predicted octanol–water partition coefficient (Wildman–Crippen LogP) is 6.71. The summed E-state index contributed by atoms with van der Waals surface area (Å²) in [4.78, 5) is 29.2. The van der Waals surface area contributed by atoms with E-state index in [0.717, 1.165) is 29.5 Å². The number of carbonyl (C=O) groups is 2. The number of nitrogens with one attached hydrogen (secondary N) is 1. The molecule has 0 saturated carbocycles. The number of sulfonamides is 1. The zero-order valence-electron chi connectivity index (χ0n) is 25.3. The Hall–Kier alpha value is -3.07. The number of anilines is 1. The standard InChI is InChI=1S/C33H41Cl2N3O4S/c1-5-6-18-36-33(40)31(21-26-11-8-7-9-12-26)37(23-27-16-17-28(34)22-29(27)35)32(39)13-10-19-38(43(4,41)42)30-20-24(2)14-15-25(30)3/h7-9,11-12,14-17,20,22,31H,5-6,10,13,18-19,21,23H2,1-4H3,(H,36,40). The number of carbonyl (C=O) groups excluding carboxylic acids is 2. The lowest BCUT2D eigenvalue weighted by molar-refractivity contribution is -0.141. The van der Waals surface area contributed by atoms with Gasteiger partial charge >= 0.3 is 0 Å². The lowest BCUT2D eigenvalue weighted by Crippen LogP contribution is -2.50. The van der Waals surface area contributed by atoms with Gasteiger partial charge in [0, 0.05) is 42.5 Å². The molecule has 43 heavy (non-hydrogen) atoms. The van der Waals surface area contributed by atoms with Gasteiger partial charge in [-0.1, -0.05) is 85.1 Å². The SMILES string of the molecule is CCCCNC(=O)C(Cc1ccccc1)N(Cc1ccc(Cl)cc1Cl)C(=O)CCCN(c1cc(C)ccc1C)S(C)(=O)=O. The van der Waals surface area contributed by atoms with Crippen molar-refractivity contribution in [3.8, 4) is 0 Å². The second-order valence-electron chi connectivity index (χ2n) is 10.8. The molecule has 0 saturated heterocycles. The van der Waals surface area contributed by atoms with E-state index in [2.05, 4.69) is 5.32 Å². The smallest absolute Gasteiger partial charge is 0.243 e. The summed E-state index contributed by atoms with van der Waals surface area (Å²) in [6.07, 6.45) is 3.52. The molecule has 0 aromatic heterocycles. The highest BCUT2D eigenvalue weighted by atomic mass is 35.5.